The van der Waals surface area contributed by atoms with Crippen molar-refractivity contribution < 1.29 is 9.59 Å². The molecule has 0 aromatic heterocycles. The zero-order valence-electron chi connectivity index (χ0n) is 15.6. The van der Waals surface area contributed by atoms with Crippen molar-refractivity contribution >= 4 is 35.0 Å². The van der Waals surface area contributed by atoms with E-state index >= 15 is 0 Å². The van der Waals surface area contributed by atoms with Gasteiger partial charge in [-0.05, 0) is 54.2 Å². The number of nitrogens with one attached hydrogen (secondary N) is 1. The van der Waals surface area contributed by atoms with E-state index in [9.17, 15) is 9.59 Å². The summed E-state index contributed by atoms with van der Waals surface area (Å²) < 4.78 is 0. The third-order valence-corrected chi connectivity index (χ3v) is 6.33. The fourth-order valence-corrected chi connectivity index (χ4v) is 4.47. The normalized spacial score (nSPS) is 19.6. The highest BCUT2D eigenvalue weighted by Gasteiger charge is 2.34. The van der Waals surface area contributed by atoms with Crippen LogP contribution in [-0.2, 0) is 9.59 Å². The van der Waals surface area contributed by atoms with Gasteiger partial charge >= 0.3 is 0 Å². The molecule has 0 spiro atoms. The Balaban J connectivity index is 1.52. The molecule has 27 heavy (non-hydrogen) atoms. The molecule has 0 radical (unpaired) electrons. The molecule has 2 aliphatic rings. The number of amides is 2. The van der Waals surface area contributed by atoms with Crippen LogP contribution >= 0.6 is 11.8 Å². The van der Waals surface area contributed by atoms with Crippen LogP contribution in [0, 0.1) is 5.92 Å². The maximum absolute atomic E-state index is 12.5. The number of anilines is 2. The molecule has 4 rings (SSSR count). The van der Waals surface area contributed by atoms with Gasteiger partial charge in [-0.25, -0.2) is 0 Å². The van der Waals surface area contributed by atoms with Crippen molar-refractivity contribution in [3.05, 3.63) is 59.7 Å². The van der Waals surface area contributed by atoms with Crippen LogP contribution in [-0.4, -0.2) is 17.6 Å². The minimum Gasteiger partial charge on any atom is -0.326 e. The molecule has 2 aromatic rings. The number of hydrogen-bond donors (Lipinski definition) is 1. The van der Waals surface area contributed by atoms with E-state index in [1.807, 2.05) is 41.3 Å². The number of rotatable bonds is 5. The second-order valence-electron chi connectivity index (χ2n) is 7.56. The molecule has 2 fully saturated rings. The number of hydrogen-bond acceptors (Lipinski definition) is 3. The lowest BCUT2D eigenvalue weighted by atomic mass is 10.0. The van der Waals surface area contributed by atoms with Crippen molar-refractivity contribution in [3.63, 3.8) is 0 Å². The Bertz CT molecular complexity index is 842. The van der Waals surface area contributed by atoms with Gasteiger partial charge in [0, 0.05) is 17.3 Å². The second-order valence-corrected chi connectivity index (χ2v) is 8.63. The first kappa shape index (κ1) is 18.1. The Hall–Kier alpha value is -2.27. The maximum atomic E-state index is 12.5. The molecular weight excluding hydrogens is 356 g/mol. The Morgan fingerprint density at radius 2 is 1.74 bits per heavy atom. The van der Waals surface area contributed by atoms with Crippen molar-refractivity contribution in [2.75, 3.05) is 16.0 Å². The van der Waals surface area contributed by atoms with E-state index in [0.717, 1.165) is 29.8 Å². The first-order valence-corrected chi connectivity index (χ1v) is 10.5. The second kappa shape index (κ2) is 7.39. The average molecular weight is 381 g/mol. The summed E-state index contributed by atoms with van der Waals surface area (Å²) in [5.74, 6) is 1.39. The van der Waals surface area contributed by atoms with Gasteiger partial charge in [-0.15, -0.1) is 11.8 Å². The summed E-state index contributed by atoms with van der Waals surface area (Å²) in [6.07, 6.45) is 1.99. The first-order chi connectivity index (χ1) is 13.0. The molecule has 5 heteroatoms. The number of benzene rings is 2. The number of carbonyl (C=O) groups excluding carboxylic acids is 2. The van der Waals surface area contributed by atoms with E-state index in [0.29, 0.717) is 11.7 Å². The molecule has 0 unspecified atom stereocenters. The molecule has 1 heterocycles. The molecule has 140 valence electrons. The predicted molar refractivity (Wildman–Crippen MR) is 111 cm³/mol. The van der Waals surface area contributed by atoms with E-state index < -0.39 is 0 Å². The van der Waals surface area contributed by atoms with E-state index in [1.165, 1.54) is 5.56 Å². The standard InChI is InChI=1S/C22H24N2O2S/c1-14(2)15-7-11-19(12-8-15)24-20(25)13-27-22(24)17-5-9-18(10-6-17)23-21(26)16-3-4-16/h5-12,14,16,22H,3-4,13H2,1-2H3,(H,23,26)/t22-/m0/s1. The molecule has 1 atom stereocenters. The average Bonchev–Trinajstić information content (AvgIpc) is 3.45. The highest BCUT2D eigenvalue weighted by Crippen LogP contribution is 2.42. The SMILES string of the molecule is CC(C)c1ccc(N2C(=O)CS[C@H]2c2ccc(NC(=O)C3CC3)cc2)cc1. The van der Waals surface area contributed by atoms with E-state index in [2.05, 4.69) is 31.3 Å². The monoisotopic (exact) mass is 380 g/mol. The lowest BCUT2D eigenvalue weighted by Gasteiger charge is -2.25. The molecule has 2 amide bonds. The Morgan fingerprint density at radius 1 is 1.07 bits per heavy atom. The van der Waals surface area contributed by atoms with E-state index in [4.69, 9.17) is 0 Å². The predicted octanol–water partition coefficient (Wildman–Crippen LogP) is 4.94. The van der Waals surface area contributed by atoms with Crippen LogP contribution in [0.4, 0.5) is 11.4 Å². The third kappa shape index (κ3) is 3.88. The summed E-state index contributed by atoms with van der Waals surface area (Å²) in [6.45, 7) is 4.33. The Labute approximate surface area is 164 Å². The number of carbonyl (C=O) groups is 2. The van der Waals surface area contributed by atoms with Gasteiger partial charge in [-0.1, -0.05) is 38.1 Å². The molecule has 1 aliphatic carbocycles. The van der Waals surface area contributed by atoms with Gasteiger partial charge < -0.3 is 5.32 Å². The van der Waals surface area contributed by atoms with E-state index in [1.54, 1.807) is 11.8 Å². The van der Waals surface area contributed by atoms with E-state index in [-0.39, 0.29) is 23.1 Å². The third-order valence-electron chi connectivity index (χ3n) is 5.12. The number of nitrogens with zero attached hydrogens (tertiary/aromatic N) is 1. The summed E-state index contributed by atoms with van der Waals surface area (Å²) in [5.41, 5.74) is 4.09. The van der Waals surface area contributed by atoms with Crippen LogP contribution in [0.2, 0.25) is 0 Å². The first-order valence-electron chi connectivity index (χ1n) is 9.47. The van der Waals surface area contributed by atoms with Crippen molar-refractivity contribution in [2.45, 2.75) is 38.0 Å². The summed E-state index contributed by atoms with van der Waals surface area (Å²) in [5, 5.41) is 2.93. The largest absolute Gasteiger partial charge is 0.326 e. The molecule has 4 nitrogen and oxygen atoms in total. The van der Waals surface area contributed by atoms with Crippen molar-refractivity contribution in [2.24, 2.45) is 5.92 Å². The van der Waals surface area contributed by atoms with Crippen molar-refractivity contribution in [1.29, 1.82) is 0 Å². The minimum absolute atomic E-state index is 0.0319. The molecule has 1 N–H and O–H groups in total. The highest BCUT2D eigenvalue weighted by atomic mass is 32.2. The summed E-state index contributed by atoms with van der Waals surface area (Å²) in [4.78, 5) is 26.3. The van der Waals surface area contributed by atoms with Gasteiger partial charge in [-0.3, -0.25) is 14.5 Å². The van der Waals surface area contributed by atoms with Gasteiger partial charge in [0.1, 0.15) is 5.37 Å². The zero-order valence-corrected chi connectivity index (χ0v) is 16.5. The van der Waals surface area contributed by atoms with Gasteiger partial charge in [-0.2, -0.15) is 0 Å². The minimum atomic E-state index is -0.0319. The van der Waals surface area contributed by atoms with Crippen molar-refractivity contribution in [1.82, 2.24) is 0 Å². The van der Waals surface area contributed by atoms with Crippen LogP contribution < -0.4 is 10.2 Å². The topological polar surface area (TPSA) is 49.4 Å². The fraction of sp³-hybridized carbons (Fsp3) is 0.364. The van der Waals surface area contributed by atoms with Gasteiger partial charge in [0.05, 0.1) is 5.75 Å². The molecule has 1 aliphatic heterocycles. The molecule has 1 saturated carbocycles. The summed E-state index contributed by atoms with van der Waals surface area (Å²) in [7, 11) is 0. The van der Waals surface area contributed by atoms with Crippen molar-refractivity contribution in [3.8, 4) is 0 Å². The summed E-state index contributed by atoms with van der Waals surface area (Å²) in [6, 6.07) is 16.2. The van der Waals surface area contributed by atoms with Crippen LogP contribution in [0.3, 0.4) is 0 Å². The highest BCUT2D eigenvalue weighted by molar-refractivity contribution is 8.00. The van der Waals surface area contributed by atoms with Gasteiger partial charge in [0.25, 0.3) is 0 Å². The lowest BCUT2D eigenvalue weighted by molar-refractivity contribution is -0.117. The molecule has 0 bridgehead atoms. The summed E-state index contributed by atoms with van der Waals surface area (Å²) >= 11 is 1.64. The van der Waals surface area contributed by atoms with Gasteiger partial charge in [0.15, 0.2) is 0 Å². The van der Waals surface area contributed by atoms with Crippen LogP contribution in [0.25, 0.3) is 0 Å². The molecular formula is C22H24N2O2S. The Morgan fingerprint density at radius 3 is 2.33 bits per heavy atom. The fourth-order valence-electron chi connectivity index (χ4n) is 3.29. The number of thioether (sulfide) groups is 1. The zero-order chi connectivity index (χ0) is 19.0. The Kier molecular flexibility index (Phi) is 4.96. The lowest BCUT2D eigenvalue weighted by Crippen LogP contribution is -2.27. The smallest absolute Gasteiger partial charge is 0.238 e. The quantitative estimate of drug-likeness (QED) is 0.799. The van der Waals surface area contributed by atoms with Crippen LogP contribution in [0.1, 0.15) is 49.1 Å². The maximum Gasteiger partial charge on any atom is 0.238 e. The van der Waals surface area contributed by atoms with Gasteiger partial charge in [0.2, 0.25) is 11.8 Å². The van der Waals surface area contributed by atoms with Crippen LogP contribution in [0.5, 0.6) is 0 Å². The molecule has 2 aromatic carbocycles. The molecule has 1 saturated heterocycles. The van der Waals surface area contributed by atoms with Crippen LogP contribution in [0.15, 0.2) is 48.5 Å².